The van der Waals surface area contributed by atoms with Crippen molar-refractivity contribution >= 4 is 17.5 Å². The number of hydrogen-bond donors (Lipinski definition) is 2. The molecule has 0 saturated heterocycles. The number of carbonyl (C=O) groups is 1. The monoisotopic (exact) mass is 310 g/mol. The van der Waals surface area contributed by atoms with Crippen LogP contribution in [0.1, 0.15) is 45.1 Å². The van der Waals surface area contributed by atoms with E-state index in [-0.39, 0.29) is 11.9 Å². The van der Waals surface area contributed by atoms with Crippen molar-refractivity contribution < 1.29 is 4.79 Å². The lowest BCUT2D eigenvalue weighted by Crippen LogP contribution is -2.34. The number of halogens is 1. The highest BCUT2D eigenvalue weighted by Crippen LogP contribution is 2.15. The minimum absolute atomic E-state index is 0.116. The third-order valence-electron chi connectivity index (χ3n) is 3.77. The number of nitrogens with two attached hydrogens (primary N) is 1. The topological polar surface area (TPSA) is 55.1 Å². The smallest absolute Gasteiger partial charge is 0.220 e. The first kappa shape index (κ1) is 18.0. The molecular weight excluding hydrogens is 284 g/mol. The van der Waals surface area contributed by atoms with Crippen molar-refractivity contribution in [1.29, 1.82) is 0 Å². The van der Waals surface area contributed by atoms with E-state index in [0.717, 1.165) is 36.3 Å². The van der Waals surface area contributed by atoms with Crippen molar-refractivity contribution in [2.45, 2.75) is 52.0 Å². The lowest BCUT2D eigenvalue weighted by molar-refractivity contribution is -0.122. The van der Waals surface area contributed by atoms with Gasteiger partial charge in [-0.25, -0.2) is 0 Å². The van der Waals surface area contributed by atoms with Gasteiger partial charge < -0.3 is 11.1 Å². The molecule has 3 nitrogen and oxygen atoms in total. The second-order valence-corrected chi connectivity index (χ2v) is 6.13. The maximum Gasteiger partial charge on any atom is 0.220 e. The zero-order chi connectivity index (χ0) is 15.7. The molecule has 2 atom stereocenters. The number of rotatable bonds is 9. The Morgan fingerprint density at radius 1 is 1.38 bits per heavy atom. The molecule has 0 aliphatic carbocycles. The zero-order valence-corrected chi connectivity index (χ0v) is 13.8. The van der Waals surface area contributed by atoms with Gasteiger partial charge in [0.15, 0.2) is 0 Å². The Kier molecular flexibility index (Phi) is 8.40. The molecule has 1 aromatic carbocycles. The number of amides is 1. The van der Waals surface area contributed by atoms with Gasteiger partial charge in [-0.1, -0.05) is 37.1 Å². The Bertz CT molecular complexity index is 437. The van der Waals surface area contributed by atoms with Gasteiger partial charge in [0, 0.05) is 17.5 Å². The summed E-state index contributed by atoms with van der Waals surface area (Å²) >= 11 is 5.97. The van der Waals surface area contributed by atoms with E-state index in [9.17, 15) is 4.79 Å². The average Bonchev–Trinajstić information content (AvgIpc) is 2.43. The SMILES string of the molecule is CCC(CCN)CCC(=O)NC(C)Cc1cccc(Cl)c1. The summed E-state index contributed by atoms with van der Waals surface area (Å²) in [6.45, 7) is 4.88. The average molecular weight is 311 g/mol. The van der Waals surface area contributed by atoms with E-state index in [2.05, 4.69) is 12.2 Å². The van der Waals surface area contributed by atoms with Crippen LogP contribution in [0.3, 0.4) is 0 Å². The maximum atomic E-state index is 12.0. The molecule has 3 N–H and O–H groups in total. The van der Waals surface area contributed by atoms with Gasteiger partial charge >= 0.3 is 0 Å². The first-order valence-corrected chi connectivity index (χ1v) is 8.16. The molecule has 4 heteroatoms. The Balaban J connectivity index is 2.33. The molecule has 0 fully saturated rings. The Morgan fingerprint density at radius 2 is 2.14 bits per heavy atom. The molecule has 0 bridgehead atoms. The lowest BCUT2D eigenvalue weighted by atomic mass is 9.96. The molecular formula is C17H27ClN2O. The van der Waals surface area contributed by atoms with Gasteiger partial charge in [0.05, 0.1) is 0 Å². The van der Waals surface area contributed by atoms with Crippen LogP contribution in [0.4, 0.5) is 0 Å². The van der Waals surface area contributed by atoms with E-state index in [1.165, 1.54) is 0 Å². The van der Waals surface area contributed by atoms with E-state index in [0.29, 0.717) is 18.9 Å². The van der Waals surface area contributed by atoms with Crippen molar-refractivity contribution in [3.05, 3.63) is 34.9 Å². The molecule has 0 aliphatic rings. The molecule has 0 aromatic heterocycles. The summed E-state index contributed by atoms with van der Waals surface area (Å²) in [7, 11) is 0. The molecule has 21 heavy (non-hydrogen) atoms. The lowest BCUT2D eigenvalue weighted by Gasteiger charge is -2.16. The van der Waals surface area contributed by atoms with E-state index in [1.807, 2.05) is 31.2 Å². The van der Waals surface area contributed by atoms with Crippen molar-refractivity contribution in [2.24, 2.45) is 11.7 Å². The minimum atomic E-state index is 0.116. The van der Waals surface area contributed by atoms with Crippen LogP contribution in [0.5, 0.6) is 0 Å². The predicted molar refractivity (Wildman–Crippen MR) is 89.4 cm³/mol. The second kappa shape index (κ2) is 9.80. The van der Waals surface area contributed by atoms with E-state index < -0.39 is 0 Å². The molecule has 0 aliphatic heterocycles. The maximum absolute atomic E-state index is 12.0. The van der Waals surface area contributed by atoms with Crippen LogP contribution in [-0.4, -0.2) is 18.5 Å². The zero-order valence-electron chi connectivity index (χ0n) is 13.1. The fourth-order valence-electron chi connectivity index (χ4n) is 2.54. The number of nitrogens with one attached hydrogen (secondary N) is 1. The summed E-state index contributed by atoms with van der Waals surface area (Å²) < 4.78 is 0. The standard InChI is InChI=1S/C17H27ClN2O/c1-3-14(9-10-19)7-8-17(21)20-13(2)11-15-5-4-6-16(18)12-15/h4-6,12-14H,3,7-11,19H2,1-2H3,(H,20,21). The van der Waals surface area contributed by atoms with Crippen LogP contribution in [-0.2, 0) is 11.2 Å². The largest absolute Gasteiger partial charge is 0.353 e. The van der Waals surface area contributed by atoms with Crippen molar-refractivity contribution in [2.75, 3.05) is 6.54 Å². The fraction of sp³-hybridized carbons (Fsp3) is 0.588. The molecule has 1 rings (SSSR count). The van der Waals surface area contributed by atoms with E-state index >= 15 is 0 Å². The van der Waals surface area contributed by atoms with Crippen LogP contribution < -0.4 is 11.1 Å². The summed E-state index contributed by atoms with van der Waals surface area (Å²) in [6, 6.07) is 7.88. The van der Waals surface area contributed by atoms with E-state index in [1.54, 1.807) is 0 Å². The summed E-state index contributed by atoms with van der Waals surface area (Å²) in [6.07, 6.45) is 4.39. The van der Waals surface area contributed by atoms with Crippen molar-refractivity contribution in [3.63, 3.8) is 0 Å². The third kappa shape index (κ3) is 7.49. The molecule has 0 heterocycles. The number of benzene rings is 1. The Labute approximate surface area is 133 Å². The Morgan fingerprint density at radius 3 is 2.76 bits per heavy atom. The highest BCUT2D eigenvalue weighted by Gasteiger charge is 2.11. The van der Waals surface area contributed by atoms with Crippen LogP contribution in [0.2, 0.25) is 5.02 Å². The van der Waals surface area contributed by atoms with Gasteiger partial charge in [-0.3, -0.25) is 4.79 Å². The molecule has 0 radical (unpaired) electrons. The van der Waals surface area contributed by atoms with Crippen LogP contribution in [0.25, 0.3) is 0 Å². The quantitative estimate of drug-likeness (QED) is 0.733. The normalized spacial score (nSPS) is 13.7. The van der Waals surface area contributed by atoms with Gasteiger partial charge in [0.1, 0.15) is 0 Å². The molecule has 2 unspecified atom stereocenters. The second-order valence-electron chi connectivity index (χ2n) is 5.69. The third-order valence-corrected chi connectivity index (χ3v) is 4.01. The first-order valence-electron chi connectivity index (χ1n) is 7.79. The highest BCUT2D eigenvalue weighted by atomic mass is 35.5. The summed E-state index contributed by atoms with van der Waals surface area (Å²) in [4.78, 5) is 12.0. The van der Waals surface area contributed by atoms with Crippen LogP contribution >= 0.6 is 11.6 Å². The summed E-state index contributed by atoms with van der Waals surface area (Å²) in [5.74, 6) is 0.684. The van der Waals surface area contributed by atoms with Crippen LogP contribution in [0, 0.1) is 5.92 Å². The summed E-state index contributed by atoms with van der Waals surface area (Å²) in [5.41, 5.74) is 6.72. The van der Waals surface area contributed by atoms with E-state index in [4.69, 9.17) is 17.3 Å². The van der Waals surface area contributed by atoms with Gasteiger partial charge in [0.2, 0.25) is 5.91 Å². The molecule has 1 aromatic rings. The molecule has 118 valence electrons. The fourth-order valence-corrected chi connectivity index (χ4v) is 2.75. The number of hydrogen-bond acceptors (Lipinski definition) is 2. The summed E-state index contributed by atoms with van der Waals surface area (Å²) in [5, 5.41) is 3.79. The Hall–Kier alpha value is -1.06. The van der Waals surface area contributed by atoms with Gasteiger partial charge in [0.25, 0.3) is 0 Å². The molecule has 0 spiro atoms. The van der Waals surface area contributed by atoms with Gasteiger partial charge in [-0.15, -0.1) is 0 Å². The van der Waals surface area contributed by atoms with Crippen molar-refractivity contribution in [3.8, 4) is 0 Å². The van der Waals surface area contributed by atoms with Crippen LogP contribution in [0.15, 0.2) is 24.3 Å². The van der Waals surface area contributed by atoms with Crippen molar-refractivity contribution in [1.82, 2.24) is 5.32 Å². The van der Waals surface area contributed by atoms with Gasteiger partial charge in [-0.05, 0) is 56.3 Å². The minimum Gasteiger partial charge on any atom is -0.353 e. The highest BCUT2D eigenvalue weighted by molar-refractivity contribution is 6.30. The molecule has 0 saturated carbocycles. The van der Waals surface area contributed by atoms with Gasteiger partial charge in [-0.2, -0.15) is 0 Å². The first-order chi connectivity index (χ1) is 10.0. The predicted octanol–water partition coefficient (Wildman–Crippen LogP) is 3.54. The molecule has 1 amide bonds. The number of carbonyl (C=O) groups excluding carboxylic acids is 1.